The summed E-state index contributed by atoms with van der Waals surface area (Å²) in [5.41, 5.74) is 0. The van der Waals surface area contributed by atoms with Gasteiger partial charge in [-0.15, -0.1) is 0 Å². The van der Waals surface area contributed by atoms with Crippen LogP contribution in [0.3, 0.4) is 0 Å². The fourth-order valence-corrected chi connectivity index (χ4v) is 9.56. The van der Waals surface area contributed by atoms with Crippen molar-refractivity contribution in [3.8, 4) is 0 Å². The Labute approximate surface area is 431 Å². The SMILES string of the molecule is CCCCCCCC/C=C/CCCCCCCCCCCC(=O)OC[C@@H](COC(=O)CCCCCCCCCCCCCCCCC)OC(=O)CCCCCCCCCCCCCCCCCCC. The van der Waals surface area contributed by atoms with Crippen LogP contribution in [0.1, 0.15) is 355 Å². The molecule has 0 unspecified atom stereocenters. The zero-order valence-corrected chi connectivity index (χ0v) is 46.9. The Morgan fingerprint density at radius 3 is 0.725 bits per heavy atom. The highest BCUT2D eigenvalue weighted by Crippen LogP contribution is 2.18. The summed E-state index contributed by atoms with van der Waals surface area (Å²) in [6.07, 6.45) is 67.8. The molecule has 0 heterocycles. The van der Waals surface area contributed by atoms with Gasteiger partial charge >= 0.3 is 17.9 Å². The fraction of sp³-hybridized carbons (Fsp3) is 0.921. The lowest BCUT2D eigenvalue weighted by atomic mass is 10.0. The fourth-order valence-electron chi connectivity index (χ4n) is 9.56. The van der Waals surface area contributed by atoms with Gasteiger partial charge in [-0.25, -0.2) is 0 Å². The zero-order valence-electron chi connectivity index (χ0n) is 46.9. The van der Waals surface area contributed by atoms with Gasteiger partial charge in [0.15, 0.2) is 6.10 Å². The summed E-state index contributed by atoms with van der Waals surface area (Å²) < 4.78 is 16.9. The first-order valence-corrected chi connectivity index (χ1v) is 31.2. The van der Waals surface area contributed by atoms with Gasteiger partial charge in [0, 0.05) is 19.3 Å². The molecule has 69 heavy (non-hydrogen) atoms. The first-order valence-electron chi connectivity index (χ1n) is 31.2. The largest absolute Gasteiger partial charge is 0.462 e. The van der Waals surface area contributed by atoms with Gasteiger partial charge in [0.05, 0.1) is 0 Å². The average molecular weight is 974 g/mol. The lowest BCUT2D eigenvalue weighted by Gasteiger charge is -2.18. The highest BCUT2D eigenvalue weighted by Gasteiger charge is 2.19. The lowest BCUT2D eigenvalue weighted by Crippen LogP contribution is -2.30. The molecule has 0 rings (SSSR count). The summed E-state index contributed by atoms with van der Waals surface area (Å²) in [7, 11) is 0. The molecule has 6 heteroatoms. The van der Waals surface area contributed by atoms with E-state index in [1.165, 1.54) is 257 Å². The van der Waals surface area contributed by atoms with Crippen molar-refractivity contribution in [3.63, 3.8) is 0 Å². The Hall–Kier alpha value is -1.85. The van der Waals surface area contributed by atoms with E-state index in [0.29, 0.717) is 19.3 Å². The minimum absolute atomic E-state index is 0.0639. The smallest absolute Gasteiger partial charge is 0.306 e. The van der Waals surface area contributed by atoms with Crippen LogP contribution in [-0.2, 0) is 28.6 Å². The van der Waals surface area contributed by atoms with E-state index in [2.05, 4.69) is 32.9 Å². The third-order valence-electron chi connectivity index (χ3n) is 14.3. The molecular weight excluding hydrogens is 853 g/mol. The number of esters is 3. The topological polar surface area (TPSA) is 78.9 Å². The predicted molar refractivity (Wildman–Crippen MR) is 298 cm³/mol. The molecule has 408 valence electrons. The van der Waals surface area contributed by atoms with Gasteiger partial charge in [-0.3, -0.25) is 14.4 Å². The zero-order chi connectivity index (χ0) is 50.0. The molecule has 0 aromatic rings. The highest BCUT2D eigenvalue weighted by molar-refractivity contribution is 5.71. The maximum Gasteiger partial charge on any atom is 0.306 e. The first kappa shape index (κ1) is 67.1. The summed E-state index contributed by atoms with van der Waals surface area (Å²) >= 11 is 0. The second kappa shape index (κ2) is 58.7. The monoisotopic (exact) mass is 973 g/mol. The second-order valence-corrected chi connectivity index (χ2v) is 21.3. The van der Waals surface area contributed by atoms with E-state index in [0.717, 1.165) is 57.8 Å². The molecule has 0 amide bonds. The maximum atomic E-state index is 12.9. The first-order chi connectivity index (χ1) is 34.0. The van der Waals surface area contributed by atoms with Crippen molar-refractivity contribution in [2.45, 2.75) is 361 Å². The Kier molecular flexibility index (Phi) is 57.1. The minimum Gasteiger partial charge on any atom is -0.462 e. The number of hydrogen-bond acceptors (Lipinski definition) is 6. The summed E-state index contributed by atoms with van der Waals surface area (Å²) in [4.78, 5) is 38.3. The molecule has 0 fully saturated rings. The lowest BCUT2D eigenvalue weighted by molar-refractivity contribution is -0.167. The maximum absolute atomic E-state index is 12.9. The van der Waals surface area contributed by atoms with Gasteiger partial charge in [0.2, 0.25) is 0 Å². The average Bonchev–Trinajstić information content (AvgIpc) is 3.35. The predicted octanol–water partition coefficient (Wildman–Crippen LogP) is 20.9. The van der Waals surface area contributed by atoms with E-state index in [-0.39, 0.29) is 31.1 Å². The van der Waals surface area contributed by atoms with Crippen molar-refractivity contribution in [2.75, 3.05) is 13.2 Å². The molecular formula is C63H120O6. The number of unbranched alkanes of at least 4 members (excludes halogenated alkanes) is 45. The van der Waals surface area contributed by atoms with E-state index < -0.39 is 6.10 Å². The number of carbonyl (C=O) groups is 3. The minimum atomic E-state index is -0.765. The molecule has 0 saturated carbocycles. The van der Waals surface area contributed by atoms with Crippen LogP contribution in [0, 0.1) is 0 Å². The number of hydrogen-bond donors (Lipinski definition) is 0. The van der Waals surface area contributed by atoms with Crippen LogP contribution in [0.15, 0.2) is 12.2 Å². The summed E-state index contributed by atoms with van der Waals surface area (Å²) in [6.45, 7) is 6.71. The molecule has 0 aromatic carbocycles. The van der Waals surface area contributed by atoms with Gasteiger partial charge in [-0.05, 0) is 44.9 Å². The third kappa shape index (κ3) is 56.9. The highest BCUT2D eigenvalue weighted by atomic mass is 16.6. The molecule has 0 bridgehead atoms. The van der Waals surface area contributed by atoms with Gasteiger partial charge in [0.25, 0.3) is 0 Å². The van der Waals surface area contributed by atoms with E-state index in [9.17, 15) is 14.4 Å². The second-order valence-electron chi connectivity index (χ2n) is 21.3. The molecule has 0 aliphatic heterocycles. The number of ether oxygens (including phenoxy) is 3. The van der Waals surface area contributed by atoms with E-state index in [1.54, 1.807) is 0 Å². The van der Waals surface area contributed by atoms with Gasteiger partial charge in [0.1, 0.15) is 13.2 Å². The van der Waals surface area contributed by atoms with Crippen molar-refractivity contribution in [3.05, 3.63) is 12.2 Å². The van der Waals surface area contributed by atoms with Crippen LogP contribution in [0.25, 0.3) is 0 Å². The Bertz CT molecular complexity index is 1070. The molecule has 0 saturated heterocycles. The Morgan fingerprint density at radius 1 is 0.275 bits per heavy atom. The van der Waals surface area contributed by atoms with Gasteiger partial charge < -0.3 is 14.2 Å². The van der Waals surface area contributed by atoms with E-state index in [4.69, 9.17) is 14.2 Å². The molecule has 6 nitrogen and oxygen atoms in total. The van der Waals surface area contributed by atoms with Gasteiger partial charge in [-0.1, -0.05) is 303 Å². The quantitative estimate of drug-likeness (QED) is 0.0261. The molecule has 0 aliphatic rings. The molecule has 0 aliphatic carbocycles. The normalized spacial score (nSPS) is 12.0. The molecule has 0 radical (unpaired) electrons. The molecule has 0 N–H and O–H groups in total. The van der Waals surface area contributed by atoms with Gasteiger partial charge in [-0.2, -0.15) is 0 Å². The summed E-state index contributed by atoms with van der Waals surface area (Å²) in [6, 6.07) is 0. The number of allylic oxidation sites excluding steroid dienone is 2. The van der Waals surface area contributed by atoms with E-state index in [1.807, 2.05) is 0 Å². The number of rotatable bonds is 58. The van der Waals surface area contributed by atoms with Crippen LogP contribution in [-0.4, -0.2) is 37.2 Å². The Balaban J connectivity index is 4.30. The van der Waals surface area contributed by atoms with E-state index >= 15 is 0 Å². The van der Waals surface area contributed by atoms with Crippen LogP contribution in [0.4, 0.5) is 0 Å². The molecule has 0 spiro atoms. The summed E-state index contributed by atoms with van der Waals surface area (Å²) in [5, 5.41) is 0. The van der Waals surface area contributed by atoms with Crippen LogP contribution in [0.5, 0.6) is 0 Å². The van der Waals surface area contributed by atoms with Crippen LogP contribution >= 0.6 is 0 Å². The summed E-state index contributed by atoms with van der Waals surface area (Å²) in [5.74, 6) is -0.836. The van der Waals surface area contributed by atoms with Crippen LogP contribution in [0.2, 0.25) is 0 Å². The van der Waals surface area contributed by atoms with Crippen molar-refractivity contribution < 1.29 is 28.6 Å². The van der Waals surface area contributed by atoms with Crippen molar-refractivity contribution >= 4 is 17.9 Å². The molecule has 1 atom stereocenters. The standard InChI is InChI=1S/C63H120O6/c1-4-7-10-13-16-19-22-25-28-30-31-33-35-38-41-44-47-50-53-56-62(65)68-59-60(58-67-61(64)55-52-49-46-43-40-37-34-27-24-21-18-15-12-9-6-3)69-63(66)57-54-51-48-45-42-39-36-32-29-26-23-20-17-14-11-8-5-2/h25,28,60H,4-24,26-27,29-59H2,1-3H3/b28-25+/t60-/m1/s1. The van der Waals surface area contributed by atoms with Crippen molar-refractivity contribution in [1.29, 1.82) is 0 Å². The van der Waals surface area contributed by atoms with Crippen molar-refractivity contribution in [2.24, 2.45) is 0 Å². The van der Waals surface area contributed by atoms with Crippen LogP contribution < -0.4 is 0 Å². The molecule has 0 aromatic heterocycles. The Morgan fingerprint density at radius 2 is 0.478 bits per heavy atom. The third-order valence-corrected chi connectivity index (χ3v) is 14.3. The number of carbonyl (C=O) groups excluding carboxylic acids is 3. The van der Waals surface area contributed by atoms with Crippen molar-refractivity contribution in [1.82, 2.24) is 0 Å².